The Hall–Kier alpha value is -1.81. The van der Waals surface area contributed by atoms with Crippen molar-refractivity contribution in [2.24, 2.45) is 0 Å². The molecule has 0 atom stereocenters. The summed E-state index contributed by atoms with van der Waals surface area (Å²) in [5.74, 6) is 0.662. The van der Waals surface area contributed by atoms with Crippen LogP contribution < -0.4 is 4.74 Å². The zero-order valence-electron chi connectivity index (χ0n) is 11.8. The van der Waals surface area contributed by atoms with E-state index in [9.17, 15) is 9.18 Å². The number of ether oxygens (including phenoxy) is 1. The lowest BCUT2D eigenvalue weighted by Crippen LogP contribution is -2.03. The molecule has 0 radical (unpaired) electrons. The van der Waals surface area contributed by atoms with Gasteiger partial charge in [0.1, 0.15) is 11.6 Å². The molecule has 0 N–H and O–H groups in total. The Morgan fingerprint density at radius 2 is 1.86 bits per heavy atom. The van der Waals surface area contributed by atoms with Gasteiger partial charge >= 0.3 is 0 Å². The molecule has 0 saturated heterocycles. The lowest BCUT2D eigenvalue weighted by molar-refractivity contribution is 0.102. The van der Waals surface area contributed by atoms with Crippen molar-refractivity contribution < 1.29 is 13.9 Å². The summed E-state index contributed by atoms with van der Waals surface area (Å²) in [6.45, 7) is 2.70. The van der Waals surface area contributed by atoms with Gasteiger partial charge in [-0.25, -0.2) is 4.39 Å². The molecule has 2 aromatic carbocycles. The summed E-state index contributed by atoms with van der Waals surface area (Å²) in [5, 5.41) is 0. The second-order valence-corrected chi connectivity index (χ2v) is 5.53. The number of carbonyl (C=O) groups is 1. The Labute approximate surface area is 128 Å². The highest BCUT2D eigenvalue weighted by Gasteiger charge is 2.09. The third-order valence-corrected chi connectivity index (χ3v) is 3.89. The Morgan fingerprint density at radius 1 is 1.14 bits per heavy atom. The minimum atomic E-state index is -0.293. The first-order chi connectivity index (χ1) is 10.2. The molecule has 0 saturated carbocycles. The molecule has 2 nitrogen and oxygen atoms in total. The third-order valence-electron chi connectivity index (χ3n) is 2.84. The summed E-state index contributed by atoms with van der Waals surface area (Å²) in [6, 6.07) is 13.5. The van der Waals surface area contributed by atoms with Crippen LogP contribution in [-0.4, -0.2) is 18.1 Å². The number of ketones is 1. The summed E-state index contributed by atoms with van der Waals surface area (Å²) in [4.78, 5) is 12.6. The molecule has 0 fully saturated rings. The van der Waals surface area contributed by atoms with Gasteiger partial charge in [-0.1, -0.05) is 19.1 Å². The lowest BCUT2D eigenvalue weighted by atomic mass is 10.1. The van der Waals surface area contributed by atoms with Gasteiger partial charge in [0.15, 0.2) is 5.78 Å². The Kier molecular flexibility index (Phi) is 5.81. The lowest BCUT2D eigenvalue weighted by Gasteiger charge is -2.06. The van der Waals surface area contributed by atoms with E-state index in [1.165, 1.54) is 17.8 Å². The smallest absolute Gasteiger partial charge is 0.173 e. The van der Waals surface area contributed by atoms with Crippen LogP contribution in [0.2, 0.25) is 0 Å². The van der Waals surface area contributed by atoms with Crippen LogP contribution >= 0.6 is 11.8 Å². The van der Waals surface area contributed by atoms with E-state index in [1.54, 1.807) is 42.5 Å². The fraction of sp³-hybridized carbons (Fsp3) is 0.235. The zero-order chi connectivity index (χ0) is 15.1. The molecule has 2 aromatic rings. The van der Waals surface area contributed by atoms with Crippen molar-refractivity contribution in [1.29, 1.82) is 0 Å². The van der Waals surface area contributed by atoms with Gasteiger partial charge in [0.25, 0.3) is 0 Å². The standard InChI is InChI=1S/C17H17FO2S/c1-2-11-20-14-9-7-13(8-10-14)16(19)12-21-17-6-4-3-5-15(17)18/h3-10H,2,11-12H2,1H3. The maximum absolute atomic E-state index is 13.5. The molecule has 110 valence electrons. The molecule has 0 aliphatic heterocycles. The molecule has 0 aromatic heterocycles. The number of hydrogen-bond donors (Lipinski definition) is 0. The van der Waals surface area contributed by atoms with Gasteiger partial charge in [-0.3, -0.25) is 4.79 Å². The van der Waals surface area contributed by atoms with E-state index >= 15 is 0 Å². The Balaban J connectivity index is 1.93. The molecule has 0 unspecified atom stereocenters. The van der Waals surface area contributed by atoms with Crippen LogP contribution in [0.4, 0.5) is 4.39 Å². The van der Waals surface area contributed by atoms with E-state index in [-0.39, 0.29) is 17.4 Å². The minimum absolute atomic E-state index is 0.0229. The number of halogens is 1. The minimum Gasteiger partial charge on any atom is -0.494 e. The van der Waals surface area contributed by atoms with Crippen LogP contribution in [0.5, 0.6) is 5.75 Å². The highest BCUT2D eigenvalue weighted by molar-refractivity contribution is 8.00. The first-order valence-corrected chi connectivity index (χ1v) is 7.82. The quantitative estimate of drug-likeness (QED) is 0.553. The van der Waals surface area contributed by atoms with Gasteiger partial charge in [0, 0.05) is 10.5 Å². The van der Waals surface area contributed by atoms with Gasteiger partial charge in [0.05, 0.1) is 12.4 Å². The van der Waals surface area contributed by atoms with Crippen molar-refractivity contribution in [3.63, 3.8) is 0 Å². The van der Waals surface area contributed by atoms with Gasteiger partial charge in [-0.05, 0) is 42.8 Å². The Bertz CT molecular complexity index is 596. The van der Waals surface area contributed by atoms with E-state index in [0.29, 0.717) is 17.1 Å². The maximum atomic E-state index is 13.5. The highest BCUT2D eigenvalue weighted by atomic mass is 32.2. The number of hydrogen-bond acceptors (Lipinski definition) is 3. The van der Waals surface area contributed by atoms with Crippen molar-refractivity contribution in [2.45, 2.75) is 18.2 Å². The fourth-order valence-electron chi connectivity index (χ4n) is 1.75. The normalized spacial score (nSPS) is 10.4. The average Bonchev–Trinajstić information content (AvgIpc) is 2.52. The van der Waals surface area contributed by atoms with Crippen molar-refractivity contribution in [1.82, 2.24) is 0 Å². The molecule has 4 heteroatoms. The summed E-state index contributed by atoms with van der Waals surface area (Å²) in [5.41, 5.74) is 0.614. The summed E-state index contributed by atoms with van der Waals surface area (Å²) >= 11 is 1.21. The van der Waals surface area contributed by atoms with Crippen LogP contribution in [-0.2, 0) is 0 Å². The van der Waals surface area contributed by atoms with Gasteiger partial charge < -0.3 is 4.74 Å². The summed E-state index contributed by atoms with van der Waals surface area (Å²) in [7, 11) is 0. The first-order valence-electron chi connectivity index (χ1n) is 6.84. The molecule has 0 bridgehead atoms. The predicted molar refractivity (Wildman–Crippen MR) is 83.7 cm³/mol. The molecule has 0 amide bonds. The largest absolute Gasteiger partial charge is 0.494 e. The fourth-order valence-corrected chi connectivity index (χ4v) is 2.58. The topological polar surface area (TPSA) is 26.3 Å². The van der Waals surface area contributed by atoms with Crippen LogP contribution in [0.15, 0.2) is 53.4 Å². The second kappa shape index (κ2) is 7.84. The van der Waals surface area contributed by atoms with E-state index in [1.807, 2.05) is 6.92 Å². The van der Waals surface area contributed by atoms with Crippen molar-refractivity contribution in [3.05, 3.63) is 59.9 Å². The van der Waals surface area contributed by atoms with Crippen molar-refractivity contribution >= 4 is 17.5 Å². The molecule has 21 heavy (non-hydrogen) atoms. The van der Waals surface area contributed by atoms with Gasteiger partial charge in [-0.15, -0.1) is 11.8 Å². The zero-order valence-corrected chi connectivity index (χ0v) is 12.7. The number of carbonyl (C=O) groups excluding carboxylic acids is 1. The SMILES string of the molecule is CCCOc1ccc(C(=O)CSc2ccccc2F)cc1. The molecular weight excluding hydrogens is 287 g/mol. The molecule has 0 aliphatic rings. The number of benzene rings is 2. The van der Waals surface area contributed by atoms with Gasteiger partial charge in [0.2, 0.25) is 0 Å². The monoisotopic (exact) mass is 304 g/mol. The summed E-state index contributed by atoms with van der Waals surface area (Å²) in [6.07, 6.45) is 0.944. The van der Waals surface area contributed by atoms with Crippen LogP contribution in [0.25, 0.3) is 0 Å². The highest BCUT2D eigenvalue weighted by Crippen LogP contribution is 2.22. The molecule has 0 heterocycles. The van der Waals surface area contributed by atoms with E-state index in [2.05, 4.69) is 0 Å². The van der Waals surface area contributed by atoms with Crippen LogP contribution in [0.1, 0.15) is 23.7 Å². The molecule has 0 aliphatic carbocycles. The first kappa shape index (κ1) is 15.6. The second-order valence-electron chi connectivity index (χ2n) is 4.52. The van der Waals surface area contributed by atoms with Crippen LogP contribution in [0.3, 0.4) is 0 Å². The number of thioether (sulfide) groups is 1. The third kappa shape index (κ3) is 4.60. The van der Waals surface area contributed by atoms with Gasteiger partial charge in [-0.2, -0.15) is 0 Å². The van der Waals surface area contributed by atoms with Crippen LogP contribution in [0, 0.1) is 5.82 Å². The van der Waals surface area contributed by atoms with E-state index in [4.69, 9.17) is 4.74 Å². The maximum Gasteiger partial charge on any atom is 0.173 e. The Morgan fingerprint density at radius 3 is 2.52 bits per heavy atom. The number of rotatable bonds is 7. The number of Topliss-reactive ketones (excluding diaryl/α,β-unsaturated/α-hetero) is 1. The molecule has 0 spiro atoms. The average molecular weight is 304 g/mol. The summed E-state index contributed by atoms with van der Waals surface area (Å²) < 4.78 is 18.9. The predicted octanol–water partition coefficient (Wildman–Crippen LogP) is 4.59. The molecule has 2 rings (SSSR count). The molecular formula is C17H17FO2S. The van der Waals surface area contributed by atoms with Crippen molar-refractivity contribution in [2.75, 3.05) is 12.4 Å². The van der Waals surface area contributed by atoms with E-state index < -0.39 is 0 Å². The van der Waals surface area contributed by atoms with E-state index in [0.717, 1.165) is 12.2 Å². The van der Waals surface area contributed by atoms with Crippen molar-refractivity contribution in [3.8, 4) is 5.75 Å².